The molecule has 0 N–H and O–H groups in total. The van der Waals surface area contributed by atoms with Crippen molar-refractivity contribution in [3.63, 3.8) is 0 Å². The zero-order valence-electron chi connectivity index (χ0n) is 9.65. The van der Waals surface area contributed by atoms with E-state index in [1.54, 1.807) is 19.1 Å². The molecule has 0 aliphatic carbocycles. The van der Waals surface area contributed by atoms with E-state index in [-0.39, 0.29) is 65.5 Å². The fraction of sp³-hybridized carbons (Fsp3) is 0.333. The van der Waals surface area contributed by atoms with Crippen LogP contribution in [0.3, 0.4) is 0 Å². The predicted octanol–water partition coefficient (Wildman–Crippen LogP) is -6.98. The Bertz CT molecular complexity index is 212. The molecule has 0 unspecified atom stereocenters. The molecule has 0 saturated carbocycles. The minimum absolute atomic E-state index is 0. The van der Waals surface area contributed by atoms with Crippen LogP contribution < -0.4 is 69.3 Å². The fourth-order valence-corrected chi connectivity index (χ4v) is 0.245. The second-order valence-electron chi connectivity index (χ2n) is 1.93. The minimum Gasteiger partial charge on any atom is -0.550 e. The fourth-order valence-electron chi connectivity index (χ4n) is 0.245. The van der Waals surface area contributed by atoms with Gasteiger partial charge in [-0.1, -0.05) is 25.2 Å². The van der Waals surface area contributed by atoms with E-state index in [4.69, 9.17) is 0 Å². The van der Waals surface area contributed by atoms with Gasteiger partial charge in [-0.2, -0.15) is 0 Å². The first-order chi connectivity index (χ1) is 6.04. The van der Waals surface area contributed by atoms with Gasteiger partial charge in [0.05, 0.1) is 5.97 Å². The van der Waals surface area contributed by atoms with Crippen LogP contribution in [-0.4, -0.2) is 11.9 Å². The first-order valence-electron chi connectivity index (χ1n) is 3.74. The largest absolute Gasteiger partial charge is 1.00 e. The molecule has 0 radical (unpaired) electrons. The monoisotopic (exact) mass is 230 g/mol. The Morgan fingerprint density at radius 3 is 1.73 bits per heavy atom. The smallest absolute Gasteiger partial charge is 0.550 e. The molecule has 6 heteroatoms. The van der Waals surface area contributed by atoms with Crippen LogP contribution >= 0.6 is 0 Å². The van der Waals surface area contributed by atoms with Crippen LogP contribution in [0.1, 0.15) is 20.3 Å². The molecule has 15 heavy (non-hydrogen) atoms. The molecule has 0 aliphatic heterocycles. The maximum atomic E-state index is 9.64. The summed E-state index contributed by atoms with van der Waals surface area (Å²) < 4.78 is 0. The van der Waals surface area contributed by atoms with Crippen LogP contribution in [0.25, 0.3) is 0 Å². The SMILES string of the molecule is CC=CC=CC(=O)[O-].CCC(=O)[O-].[Na+].[Na+]. The van der Waals surface area contributed by atoms with Gasteiger partial charge in [0, 0.05) is 5.97 Å². The molecule has 0 rings (SSSR count). The maximum absolute atomic E-state index is 9.64. The molecule has 0 spiro atoms. The Balaban J connectivity index is -0.0000000770. The molecule has 0 aromatic heterocycles. The quantitative estimate of drug-likeness (QED) is 0.274. The standard InChI is InChI=1S/C6H8O2.C3H6O2.2Na/c1-2-3-4-5-6(7)8;1-2-3(4)5;;/h2-5H,1H3,(H,7,8);2H2,1H3,(H,4,5);;/q;;2*+1/p-2. The number of rotatable bonds is 3. The molecule has 0 fully saturated rings. The number of carbonyl (C=O) groups is 2. The van der Waals surface area contributed by atoms with E-state index in [9.17, 15) is 19.8 Å². The van der Waals surface area contributed by atoms with Crippen molar-refractivity contribution in [1.29, 1.82) is 0 Å². The van der Waals surface area contributed by atoms with Crippen molar-refractivity contribution in [3.8, 4) is 0 Å². The van der Waals surface area contributed by atoms with Crippen LogP contribution in [0.4, 0.5) is 0 Å². The van der Waals surface area contributed by atoms with Crippen LogP contribution in [0.5, 0.6) is 0 Å². The average Bonchev–Trinajstić information content (AvgIpc) is 2.05. The maximum Gasteiger partial charge on any atom is 1.00 e. The number of hydrogen-bond donors (Lipinski definition) is 0. The summed E-state index contributed by atoms with van der Waals surface area (Å²) >= 11 is 0. The van der Waals surface area contributed by atoms with Gasteiger partial charge in [0.15, 0.2) is 0 Å². The Kier molecular flexibility index (Phi) is 32.6. The van der Waals surface area contributed by atoms with Gasteiger partial charge in [0.1, 0.15) is 0 Å². The molecule has 0 heterocycles. The van der Waals surface area contributed by atoms with E-state index in [2.05, 4.69) is 0 Å². The summed E-state index contributed by atoms with van der Waals surface area (Å²) in [5, 5.41) is 18.9. The van der Waals surface area contributed by atoms with E-state index < -0.39 is 11.9 Å². The Morgan fingerprint density at radius 1 is 1.13 bits per heavy atom. The van der Waals surface area contributed by atoms with Crippen LogP contribution in [0, 0.1) is 0 Å². The van der Waals surface area contributed by atoms with Gasteiger partial charge < -0.3 is 19.8 Å². The normalized spacial score (nSPS) is 8.40. The molecule has 0 aromatic carbocycles. The number of carbonyl (C=O) groups excluding carboxylic acids is 2. The van der Waals surface area contributed by atoms with Crippen molar-refractivity contribution in [1.82, 2.24) is 0 Å². The zero-order chi connectivity index (χ0) is 10.7. The molecular weight excluding hydrogens is 218 g/mol. The van der Waals surface area contributed by atoms with Gasteiger partial charge in [-0.25, -0.2) is 0 Å². The average molecular weight is 230 g/mol. The van der Waals surface area contributed by atoms with E-state index >= 15 is 0 Å². The topological polar surface area (TPSA) is 80.3 Å². The van der Waals surface area contributed by atoms with Crippen molar-refractivity contribution >= 4 is 11.9 Å². The second kappa shape index (κ2) is 19.9. The van der Waals surface area contributed by atoms with E-state index in [1.807, 2.05) is 0 Å². The summed E-state index contributed by atoms with van der Waals surface area (Å²) in [7, 11) is 0. The third kappa shape index (κ3) is 40.4. The number of aliphatic carboxylic acids is 2. The first-order valence-corrected chi connectivity index (χ1v) is 3.74. The van der Waals surface area contributed by atoms with Gasteiger partial charge in [0.25, 0.3) is 0 Å². The first kappa shape index (κ1) is 24.6. The molecule has 0 amide bonds. The van der Waals surface area contributed by atoms with Crippen molar-refractivity contribution in [2.24, 2.45) is 0 Å². The number of allylic oxidation sites excluding steroid dienone is 3. The predicted molar refractivity (Wildman–Crippen MR) is 44.3 cm³/mol. The molecule has 74 valence electrons. The van der Waals surface area contributed by atoms with Crippen LogP contribution in [-0.2, 0) is 9.59 Å². The molecule has 0 aliphatic rings. The van der Waals surface area contributed by atoms with Crippen molar-refractivity contribution in [2.75, 3.05) is 0 Å². The number of carboxylic acids is 2. The molecule has 0 atom stereocenters. The molecule has 4 nitrogen and oxygen atoms in total. The van der Waals surface area contributed by atoms with E-state index in [0.29, 0.717) is 0 Å². The van der Waals surface area contributed by atoms with Crippen molar-refractivity contribution in [3.05, 3.63) is 24.3 Å². The van der Waals surface area contributed by atoms with Crippen LogP contribution in [0.2, 0.25) is 0 Å². The number of carboxylic acid groups (broad SMARTS) is 2. The van der Waals surface area contributed by atoms with Gasteiger partial charge in [-0.3, -0.25) is 0 Å². The summed E-state index contributed by atoms with van der Waals surface area (Å²) in [5.41, 5.74) is 0. The van der Waals surface area contributed by atoms with Crippen LogP contribution in [0.15, 0.2) is 24.3 Å². The Morgan fingerprint density at radius 2 is 1.53 bits per heavy atom. The molecule has 0 bridgehead atoms. The third-order valence-corrected chi connectivity index (χ3v) is 0.825. The minimum atomic E-state index is -1.16. The summed E-state index contributed by atoms with van der Waals surface area (Å²) in [6.45, 7) is 3.34. The van der Waals surface area contributed by atoms with Gasteiger partial charge >= 0.3 is 59.1 Å². The third-order valence-electron chi connectivity index (χ3n) is 0.825. The summed E-state index contributed by atoms with van der Waals surface area (Å²) in [4.78, 5) is 18.9. The van der Waals surface area contributed by atoms with Gasteiger partial charge in [0.2, 0.25) is 0 Å². The van der Waals surface area contributed by atoms with Crippen molar-refractivity contribution < 1.29 is 78.9 Å². The summed E-state index contributed by atoms with van der Waals surface area (Å²) in [6.07, 6.45) is 5.85. The molecule has 0 saturated heterocycles. The number of hydrogen-bond acceptors (Lipinski definition) is 4. The van der Waals surface area contributed by atoms with Gasteiger partial charge in [-0.15, -0.1) is 0 Å². The van der Waals surface area contributed by atoms with E-state index in [0.717, 1.165) is 6.08 Å². The Labute approximate surface area is 134 Å². The molecule has 0 aromatic rings. The Hall–Kier alpha value is 0.420. The van der Waals surface area contributed by atoms with Gasteiger partial charge in [-0.05, 0) is 19.4 Å². The summed E-state index contributed by atoms with van der Waals surface area (Å²) in [5.74, 6) is -2.16. The summed E-state index contributed by atoms with van der Waals surface area (Å²) in [6, 6.07) is 0. The second-order valence-corrected chi connectivity index (χ2v) is 1.93. The molecular formula is C9H12Na2O4. The zero-order valence-corrected chi connectivity index (χ0v) is 13.6. The van der Waals surface area contributed by atoms with E-state index in [1.165, 1.54) is 13.0 Å². The van der Waals surface area contributed by atoms with Crippen molar-refractivity contribution in [2.45, 2.75) is 20.3 Å².